The first kappa shape index (κ1) is 10.1. The summed E-state index contributed by atoms with van der Waals surface area (Å²) in [6.45, 7) is 3.62. The molecule has 2 aromatic rings. The summed E-state index contributed by atoms with van der Waals surface area (Å²) in [6, 6.07) is 8.21. The Labute approximate surface area is 95.5 Å². The number of benzene rings is 1. The lowest BCUT2D eigenvalue weighted by atomic mass is 10.1. The Kier molecular flexibility index (Phi) is 2.41. The molecule has 0 aliphatic carbocycles. The topological polar surface area (TPSA) is 20.2 Å². The van der Waals surface area contributed by atoms with Crippen molar-refractivity contribution in [2.24, 2.45) is 0 Å². The molecule has 0 bridgehead atoms. The first-order valence-corrected chi connectivity index (χ1v) is 6.00. The Balaban J connectivity index is 2.63. The molecule has 0 fully saturated rings. The van der Waals surface area contributed by atoms with Gasteiger partial charge in [-0.2, -0.15) is 0 Å². The zero-order chi connectivity index (χ0) is 10.3. The van der Waals surface area contributed by atoms with Crippen molar-refractivity contribution in [3.8, 4) is 0 Å². The molecule has 1 heterocycles. The van der Waals surface area contributed by atoms with Crippen LogP contribution in [-0.2, 0) is 5.60 Å². The molecule has 1 nitrogen and oxygen atoms in total. The molecule has 0 amide bonds. The standard InChI is InChI=1S/C11H11BrOS/c1-11(2,13)10-6-7-5-8(12)3-4-9(7)14-10/h3-6,13H,1-2H3. The average Bonchev–Trinajstić information content (AvgIpc) is 2.45. The SMILES string of the molecule is CC(C)(O)c1cc2cc(Br)ccc2s1. The van der Waals surface area contributed by atoms with Crippen LogP contribution < -0.4 is 0 Å². The average molecular weight is 271 g/mol. The summed E-state index contributed by atoms with van der Waals surface area (Å²) in [5, 5.41) is 11.0. The summed E-state index contributed by atoms with van der Waals surface area (Å²) in [5.41, 5.74) is -0.740. The summed E-state index contributed by atoms with van der Waals surface area (Å²) in [6.07, 6.45) is 0. The third kappa shape index (κ3) is 1.85. The fraction of sp³-hybridized carbons (Fsp3) is 0.273. The number of aliphatic hydroxyl groups is 1. The van der Waals surface area contributed by atoms with E-state index in [1.54, 1.807) is 11.3 Å². The first-order chi connectivity index (χ1) is 6.47. The highest BCUT2D eigenvalue weighted by Gasteiger charge is 2.18. The van der Waals surface area contributed by atoms with Gasteiger partial charge in [0.05, 0.1) is 5.60 Å². The maximum Gasteiger partial charge on any atom is 0.0932 e. The molecule has 0 atom stereocenters. The lowest BCUT2D eigenvalue weighted by Gasteiger charge is -2.13. The smallest absolute Gasteiger partial charge is 0.0932 e. The molecule has 14 heavy (non-hydrogen) atoms. The fourth-order valence-corrected chi connectivity index (χ4v) is 2.74. The van der Waals surface area contributed by atoms with Gasteiger partial charge in [0.1, 0.15) is 0 Å². The van der Waals surface area contributed by atoms with Gasteiger partial charge in [0.15, 0.2) is 0 Å². The number of hydrogen-bond acceptors (Lipinski definition) is 2. The summed E-state index contributed by atoms with van der Waals surface area (Å²) < 4.78 is 2.29. The molecule has 0 radical (unpaired) electrons. The van der Waals surface area contributed by atoms with Crippen molar-refractivity contribution in [2.45, 2.75) is 19.4 Å². The van der Waals surface area contributed by atoms with E-state index in [4.69, 9.17) is 0 Å². The van der Waals surface area contributed by atoms with Gasteiger partial charge in [0.25, 0.3) is 0 Å². The third-order valence-corrected chi connectivity index (χ3v) is 4.00. The summed E-state index contributed by atoms with van der Waals surface area (Å²) in [5.74, 6) is 0. The number of fused-ring (bicyclic) bond motifs is 1. The third-order valence-electron chi connectivity index (χ3n) is 2.08. The maximum absolute atomic E-state index is 9.86. The first-order valence-electron chi connectivity index (χ1n) is 4.39. The van der Waals surface area contributed by atoms with Crippen molar-refractivity contribution < 1.29 is 5.11 Å². The number of halogens is 1. The van der Waals surface area contributed by atoms with E-state index in [0.717, 1.165) is 9.35 Å². The van der Waals surface area contributed by atoms with E-state index in [0.29, 0.717) is 0 Å². The fourth-order valence-electron chi connectivity index (χ4n) is 1.32. The summed E-state index contributed by atoms with van der Waals surface area (Å²) in [7, 11) is 0. The van der Waals surface area contributed by atoms with Crippen molar-refractivity contribution >= 4 is 37.4 Å². The monoisotopic (exact) mass is 270 g/mol. The van der Waals surface area contributed by atoms with Gasteiger partial charge in [0.2, 0.25) is 0 Å². The van der Waals surface area contributed by atoms with Crippen LogP contribution in [0.1, 0.15) is 18.7 Å². The van der Waals surface area contributed by atoms with Gasteiger partial charge < -0.3 is 5.11 Å². The molecule has 0 saturated carbocycles. The van der Waals surface area contributed by atoms with E-state index in [1.165, 1.54) is 10.1 Å². The van der Waals surface area contributed by atoms with E-state index in [-0.39, 0.29) is 0 Å². The molecule has 3 heteroatoms. The zero-order valence-electron chi connectivity index (χ0n) is 8.04. The molecule has 1 N–H and O–H groups in total. The van der Waals surface area contributed by atoms with Crippen molar-refractivity contribution in [2.75, 3.05) is 0 Å². The predicted octanol–water partition coefficient (Wildman–Crippen LogP) is 3.89. The summed E-state index contributed by atoms with van der Waals surface area (Å²) in [4.78, 5) is 1.01. The Morgan fingerprint density at radius 1 is 1.29 bits per heavy atom. The number of thiophene rings is 1. The molecular weight excluding hydrogens is 260 g/mol. The molecule has 0 saturated heterocycles. The molecule has 0 spiro atoms. The molecular formula is C11H11BrOS. The Bertz CT molecular complexity index is 468. The Morgan fingerprint density at radius 2 is 2.00 bits per heavy atom. The molecule has 2 rings (SSSR count). The molecule has 1 aromatic carbocycles. The highest BCUT2D eigenvalue weighted by Crippen LogP contribution is 2.34. The highest BCUT2D eigenvalue weighted by atomic mass is 79.9. The van der Waals surface area contributed by atoms with Crippen LogP contribution in [0, 0.1) is 0 Å². The van der Waals surface area contributed by atoms with Gasteiger partial charge in [-0.3, -0.25) is 0 Å². The number of rotatable bonds is 1. The molecule has 0 unspecified atom stereocenters. The zero-order valence-corrected chi connectivity index (χ0v) is 10.4. The largest absolute Gasteiger partial charge is 0.385 e. The van der Waals surface area contributed by atoms with Gasteiger partial charge in [-0.05, 0) is 43.5 Å². The highest BCUT2D eigenvalue weighted by molar-refractivity contribution is 9.10. The van der Waals surface area contributed by atoms with Gasteiger partial charge in [0, 0.05) is 14.0 Å². The lowest BCUT2D eigenvalue weighted by Crippen LogP contribution is -2.12. The van der Waals surface area contributed by atoms with E-state index < -0.39 is 5.60 Å². The predicted molar refractivity (Wildman–Crippen MR) is 64.8 cm³/mol. The van der Waals surface area contributed by atoms with Crippen molar-refractivity contribution in [3.05, 3.63) is 33.6 Å². The molecule has 0 aliphatic heterocycles. The van der Waals surface area contributed by atoms with Gasteiger partial charge >= 0.3 is 0 Å². The van der Waals surface area contributed by atoms with Crippen LogP contribution in [0.4, 0.5) is 0 Å². The van der Waals surface area contributed by atoms with Crippen LogP contribution in [0.15, 0.2) is 28.7 Å². The molecule has 74 valence electrons. The van der Waals surface area contributed by atoms with Crippen molar-refractivity contribution in [3.63, 3.8) is 0 Å². The van der Waals surface area contributed by atoms with Crippen molar-refractivity contribution in [1.82, 2.24) is 0 Å². The van der Waals surface area contributed by atoms with Crippen molar-refractivity contribution in [1.29, 1.82) is 0 Å². The Morgan fingerprint density at radius 3 is 2.64 bits per heavy atom. The maximum atomic E-state index is 9.86. The molecule has 0 aliphatic rings. The van der Waals surface area contributed by atoms with E-state index in [1.807, 2.05) is 26.0 Å². The van der Waals surface area contributed by atoms with E-state index in [9.17, 15) is 5.11 Å². The van der Waals surface area contributed by atoms with E-state index >= 15 is 0 Å². The van der Waals surface area contributed by atoms with Crippen LogP contribution in [0.25, 0.3) is 10.1 Å². The van der Waals surface area contributed by atoms with Crippen LogP contribution in [0.5, 0.6) is 0 Å². The normalized spacial score (nSPS) is 12.3. The van der Waals surface area contributed by atoms with Crippen LogP contribution in [0.2, 0.25) is 0 Å². The quantitative estimate of drug-likeness (QED) is 0.834. The van der Waals surface area contributed by atoms with Gasteiger partial charge in [-0.1, -0.05) is 15.9 Å². The van der Waals surface area contributed by atoms with Crippen LogP contribution in [-0.4, -0.2) is 5.11 Å². The van der Waals surface area contributed by atoms with E-state index in [2.05, 4.69) is 28.1 Å². The minimum absolute atomic E-state index is 0.740. The van der Waals surface area contributed by atoms with Crippen LogP contribution in [0.3, 0.4) is 0 Å². The second-order valence-corrected chi connectivity index (χ2v) is 5.85. The lowest BCUT2D eigenvalue weighted by molar-refractivity contribution is 0.0826. The molecule has 1 aromatic heterocycles. The van der Waals surface area contributed by atoms with Gasteiger partial charge in [-0.15, -0.1) is 11.3 Å². The second-order valence-electron chi connectivity index (χ2n) is 3.85. The second kappa shape index (κ2) is 3.33. The van der Waals surface area contributed by atoms with Gasteiger partial charge in [-0.25, -0.2) is 0 Å². The number of hydrogen-bond donors (Lipinski definition) is 1. The minimum atomic E-state index is -0.740. The minimum Gasteiger partial charge on any atom is -0.385 e. The summed E-state index contributed by atoms with van der Waals surface area (Å²) >= 11 is 5.08. The van der Waals surface area contributed by atoms with Crippen LogP contribution >= 0.6 is 27.3 Å². The Hall–Kier alpha value is -0.380.